The molecule has 2 aliphatic rings. The number of likely N-dealkylation sites (tertiary alicyclic amines) is 2. The van der Waals surface area contributed by atoms with E-state index in [1.807, 2.05) is 29.4 Å². The number of carbonyl (C=O) groups excluding carboxylic acids is 1. The van der Waals surface area contributed by atoms with Crippen LogP contribution < -0.4 is 0 Å². The summed E-state index contributed by atoms with van der Waals surface area (Å²) in [6.45, 7) is 4.89. The number of amides is 1. The number of hydrogen-bond donors (Lipinski definition) is 0. The molecule has 0 N–H and O–H groups in total. The van der Waals surface area contributed by atoms with Gasteiger partial charge in [0.1, 0.15) is 0 Å². The van der Waals surface area contributed by atoms with E-state index in [1.165, 1.54) is 18.4 Å². The first-order valence-corrected chi connectivity index (χ1v) is 9.05. The molecule has 2 aromatic heterocycles. The standard InChI is InChI=1S/C20H24N4O/c25-19(18-3-1-8-22-13-18)24-11-2-6-20(16-24)7-12-23(15-20)14-17-4-9-21-10-5-17/h1,3-5,8-10,13H,2,6-7,11-12,14-16H2/t20-/m0/s1. The summed E-state index contributed by atoms with van der Waals surface area (Å²) >= 11 is 0. The molecule has 1 spiro atoms. The fourth-order valence-corrected chi connectivity index (χ4v) is 4.30. The molecule has 1 atom stereocenters. The highest BCUT2D eigenvalue weighted by molar-refractivity contribution is 5.94. The Balaban J connectivity index is 1.42. The van der Waals surface area contributed by atoms with Gasteiger partial charge < -0.3 is 4.90 Å². The van der Waals surface area contributed by atoms with Crippen molar-refractivity contribution in [2.45, 2.75) is 25.8 Å². The number of carbonyl (C=O) groups is 1. The third-order valence-electron chi connectivity index (χ3n) is 5.53. The Morgan fingerprint density at radius 3 is 2.72 bits per heavy atom. The molecule has 5 heteroatoms. The van der Waals surface area contributed by atoms with Gasteiger partial charge in [0.2, 0.25) is 0 Å². The Labute approximate surface area is 148 Å². The molecule has 2 aromatic rings. The molecule has 2 saturated heterocycles. The highest BCUT2D eigenvalue weighted by atomic mass is 16.2. The van der Waals surface area contributed by atoms with E-state index in [0.29, 0.717) is 5.56 Å². The second-order valence-corrected chi connectivity index (χ2v) is 7.39. The molecule has 4 rings (SSSR count). The van der Waals surface area contributed by atoms with Gasteiger partial charge in [-0.3, -0.25) is 19.7 Å². The molecular weight excluding hydrogens is 312 g/mol. The molecule has 0 saturated carbocycles. The summed E-state index contributed by atoms with van der Waals surface area (Å²) in [6, 6.07) is 7.87. The first kappa shape index (κ1) is 16.2. The van der Waals surface area contributed by atoms with Gasteiger partial charge in [0.25, 0.3) is 5.91 Å². The summed E-state index contributed by atoms with van der Waals surface area (Å²) < 4.78 is 0. The minimum Gasteiger partial charge on any atom is -0.338 e. The maximum absolute atomic E-state index is 12.8. The molecule has 0 unspecified atom stereocenters. The first-order valence-electron chi connectivity index (χ1n) is 9.05. The average molecular weight is 336 g/mol. The van der Waals surface area contributed by atoms with Crippen LogP contribution in [0.5, 0.6) is 0 Å². The van der Waals surface area contributed by atoms with E-state index >= 15 is 0 Å². The molecule has 0 aromatic carbocycles. The van der Waals surface area contributed by atoms with Crippen LogP contribution in [-0.4, -0.2) is 51.9 Å². The van der Waals surface area contributed by atoms with Crippen molar-refractivity contribution in [1.29, 1.82) is 0 Å². The Bertz CT molecular complexity index is 721. The Hall–Kier alpha value is -2.27. The topological polar surface area (TPSA) is 49.3 Å². The largest absolute Gasteiger partial charge is 0.338 e. The van der Waals surface area contributed by atoms with E-state index in [9.17, 15) is 4.79 Å². The summed E-state index contributed by atoms with van der Waals surface area (Å²) in [5, 5.41) is 0. The van der Waals surface area contributed by atoms with Gasteiger partial charge in [0, 0.05) is 56.4 Å². The van der Waals surface area contributed by atoms with E-state index in [-0.39, 0.29) is 11.3 Å². The highest BCUT2D eigenvalue weighted by Gasteiger charge is 2.42. The van der Waals surface area contributed by atoms with Crippen LogP contribution in [0.25, 0.3) is 0 Å². The van der Waals surface area contributed by atoms with Crippen LogP contribution in [0.1, 0.15) is 35.2 Å². The van der Waals surface area contributed by atoms with E-state index in [1.54, 1.807) is 12.4 Å². The summed E-state index contributed by atoms with van der Waals surface area (Å²) in [6.07, 6.45) is 10.6. The van der Waals surface area contributed by atoms with Gasteiger partial charge >= 0.3 is 0 Å². The van der Waals surface area contributed by atoms with Crippen molar-refractivity contribution in [1.82, 2.24) is 19.8 Å². The fourth-order valence-electron chi connectivity index (χ4n) is 4.30. The monoisotopic (exact) mass is 336 g/mol. The second kappa shape index (κ2) is 6.92. The van der Waals surface area contributed by atoms with Crippen molar-refractivity contribution in [2.24, 2.45) is 5.41 Å². The molecule has 4 heterocycles. The number of hydrogen-bond acceptors (Lipinski definition) is 4. The molecule has 0 bridgehead atoms. The zero-order valence-corrected chi connectivity index (χ0v) is 14.5. The van der Waals surface area contributed by atoms with Crippen LogP contribution in [0, 0.1) is 5.41 Å². The normalized spacial score (nSPS) is 23.9. The maximum Gasteiger partial charge on any atom is 0.255 e. The highest BCUT2D eigenvalue weighted by Crippen LogP contribution is 2.39. The predicted molar refractivity (Wildman–Crippen MR) is 95.9 cm³/mol. The van der Waals surface area contributed by atoms with E-state index in [2.05, 4.69) is 27.0 Å². The number of pyridine rings is 2. The SMILES string of the molecule is O=C(c1cccnc1)N1CCC[C@@]2(CCN(Cc3ccncc3)C2)C1. The fraction of sp³-hybridized carbons (Fsp3) is 0.450. The van der Waals surface area contributed by atoms with Gasteiger partial charge in [0.15, 0.2) is 0 Å². The molecule has 25 heavy (non-hydrogen) atoms. The van der Waals surface area contributed by atoms with Gasteiger partial charge in [0.05, 0.1) is 5.56 Å². The quantitative estimate of drug-likeness (QED) is 0.864. The Kier molecular flexibility index (Phi) is 4.49. The van der Waals surface area contributed by atoms with Crippen LogP contribution in [0.4, 0.5) is 0 Å². The zero-order valence-electron chi connectivity index (χ0n) is 14.5. The van der Waals surface area contributed by atoms with Crippen LogP contribution in [0.15, 0.2) is 49.1 Å². The van der Waals surface area contributed by atoms with Crippen LogP contribution in [0.2, 0.25) is 0 Å². The van der Waals surface area contributed by atoms with Crippen molar-refractivity contribution < 1.29 is 4.79 Å². The average Bonchev–Trinajstić information content (AvgIpc) is 3.04. The van der Waals surface area contributed by atoms with Gasteiger partial charge in [-0.05, 0) is 55.6 Å². The number of aromatic nitrogens is 2. The first-order chi connectivity index (χ1) is 12.2. The Morgan fingerprint density at radius 1 is 1.04 bits per heavy atom. The number of nitrogens with zero attached hydrogens (tertiary/aromatic N) is 4. The van der Waals surface area contributed by atoms with E-state index in [4.69, 9.17) is 0 Å². The van der Waals surface area contributed by atoms with Crippen molar-refractivity contribution in [3.05, 3.63) is 60.2 Å². The van der Waals surface area contributed by atoms with Crippen molar-refractivity contribution >= 4 is 5.91 Å². The van der Waals surface area contributed by atoms with Crippen LogP contribution in [0.3, 0.4) is 0 Å². The van der Waals surface area contributed by atoms with Gasteiger partial charge in [-0.25, -0.2) is 0 Å². The number of piperidine rings is 1. The maximum atomic E-state index is 12.8. The molecule has 5 nitrogen and oxygen atoms in total. The summed E-state index contributed by atoms with van der Waals surface area (Å²) in [5.74, 6) is 0.125. The molecule has 130 valence electrons. The third kappa shape index (κ3) is 3.56. The lowest BCUT2D eigenvalue weighted by molar-refractivity contribution is 0.0526. The minimum atomic E-state index is 0.125. The third-order valence-corrected chi connectivity index (χ3v) is 5.53. The van der Waals surface area contributed by atoms with Crippen LogP contribution in [-0.2, 0) is 6.54 Å². The van der Waals surface area contributed by atoms with Gasteiger partial charge in [-0.1, -0.05) is 0 Å². The lowest BCUT2D eigenvalue weighted by Crippen LogP contribution is -2.47. The van der Waals surface area contributed by atoms with Gasteiger partial charge in [-0.15, -0.1) is 0 Å². The molecule has 2 fully saturated rings. The van der Waals surface area contributed by atoms with Crippen molar-refractivity contribution in [2.75, 3.05) is 26.2 Å². The molecule has 0 aliphatic carbocycles. The van der Waals surface area contributed by atoms with Crippen molar-refractivity contribution in [3.63, 3.8) is 0 Å². The molecule has 2 aliphatic heterocycles. The predicted octanol–water partition coefficient (Wildman–Crippen LogP) is 2.60. The summed E-state index contributed by atoms with van der Waals surface area (Å²) in [5.41, 5.74) is 2.26. The summed E-state index contributed by atoms with van der Waals surface area (Å²) in [7, 11) is 0. The van der Waals surface area contributed by atoms with E-state index < -0.39 is 0 Å². The molecule has 0 radical (unpaired) electrons. The lowest BCUT2D eigenvalue weighted by Gasteiger charge is -2.40. The zero-order chi connectivity index (χ0) is 17.1. The van der Waals surface area contributed by atoms with Gasteiger partial charge in [-0.2, -0.15) is 0 Å². The summed E-state index contributed by atoms with van der Waals surface area (Å²) in [4.78, 5) is 25.5. The lowest BCUT2D eigenvalue weighted by atomic mass is 9.79. The van der Waals surface area contributed by atoms with Crippen molar-refractivity contribution in [3.8, 4) is 0 Å². The second-order valence-electron chi connectivity index (χ2n) is 7.39. The smallest absolute Gasteiger partial charge is 0.255 e. The van der Waals surface area contributed by atoms with Crippen LogP contribution >= 0.6 is 0 Å². The Morgan fingerprint density at radius 2 is 1.92 bits per heavy atom. The number of rotatable bonds is 3. The minimum absolute atomic E-state index is 0.125. The van der Waals surface area contributed by atoms with E-state index in [0.717, 1.165) is 39.1 Å². The molecular formula is C20H24N4O. The molecule has 1 amide bonds.